The van der Waals surface area contributed by atoms with Crippen LogP contribution in [-0.4, -0.2) is 4.98 Å². The van der Waals surface area contributed by atoms with Crippen LogP contribution in [0.2, 0.25) is 0 Å². The molecule has 4 nitrogen and oxygen atoms in total. The summed E-state index contributed by atoms with van der Waals surface area (Å²) in [6.07, 6.45) is 3.16. The van der Waals surface area contributed by atoms with Crippen LogP contribution in [0.4, 0.5) is 5.82 Å². The Morgan fingerprint density at radius 3 is 2.95 bits per heavy atom. The van der Waals surface area contributed by atoms with Crippen LogP contribution in [0, 0.1) is 18.3 Å². The van der Waals surface area contributed by atoms with Crippen molar-refractivity contribution in [1.29, 1.82) is 5.26 Å². The van der Waals surface area contributed by atoms with Crippen molar-refractivity contribution in [3.8, 4) is 6.07 Å². The van der Waals surface area contributed by atoms with Gasteiger partial charge < -0.3 is 9.73 Å². The first-order valence-electron chi connectivity index (χ1n) is 6.93. The van der Waals surface area contributed by atoms with Crippen molar-refractivity contribution in [2.75, 3.05) is 5.32 Å². The van der Waals surface area contributed by atoms with Crippen LogP contribution in [0.1, 0.15) is 47.7 Å². The fourth-order valence-corrected chi connectivity index (χ4v) is 2.63. The Morgan fingerprint density at radius 1 is 1.40 bits per heavy atom. The molecule has 1 aliphatic rings. The molecule has 0 aromatic carbocycles. The molecule has 3 rings (SSSR count). The molecule has 1 aliphatic carbocycles. The van der Waals surface area contributed by atoms with Crippen molar-refractivity contribution in [2.45, 2.75) is 39.2 Å². The molecule has 0 aliphatic heterocycles. The van der Waals surface area contributed by atoms with Crippen molar-refractivity contribution in [3.05, 3.63) is 46.5 Å². The van der Waals surface area contributed by atoms with Crippen LogP contribution in [0.25, 0.3) is 0 Å². The van der Waals surface area contributed by atoms with E-state index >= 15 is 0 Å². The van der Waals surface area contributed by atoms with E-state index in [9.17, 15) is 5.26 Å². The molecule has 0 saturated carbocycles. The molecule has 0 saturated heterocycles. The molecule has 0 radical (unpaired) electrons. The lowest BCUT2D eigenvalue weighted by Gasteiger charge is -2.14. The molecule has 2 aromatic rings. The van der Waals surface area contributed by atoms with E-state index in [1.165, 1.54) is 5.56 Å². The Bertz CT molecular complexity index is 682. The monoisotopic (exact) mass is 267 g/mol. The van der Waals surface area contributed by atoms with Crippen molar-refractivity contribution in [1.82, 2.24) is 4.98 Å². The van der Waals surface area contributed by atoms with E-state index < -0.39 is 0 Å². The molecule has 0 bridgehead atoms. The molecule has 1 atom stereocenters. The zero-order valence-electron chi connectivity index (χ0n) is 11.7. The van der Waals surface area contributed by atoms with Gasteiger partial charge in [0.1, 0.15) is 23.4 Å². The van der Waals surface area contributed by atoms with Gasteiger partial charge in [0.25, 0.3) is 0 Å². The minimum Gasteiger partial charge on any atom is -0.464 e. The lowest BCUT2D eigenvalue weighted by molar-refractivity contribution is 0.466. The molecule has 4 heteroatoms. The van der Waals surface area contributed by atoms with Gasteiger partial charge in [0.2, 0.25) is 0 Å². The van der Waals surface area contributed by atoms with E-state index in [2.05, 4.69) is 16.4 Å². The minimum absolute atomic E-state index is 0.0113. The van der Waals surface area contributed by atoms with Gasteiger partial charge in [-0.25, -0.2) is 4.98 Å². The molecular formula is C16H17N3O. The van der Waals surface area contributed by atoms with Crippen LogP contribution < -0.4 is 5.32 Å². The van der Waals surface area contributed by atoms with Gasteiger partial charge >= 0.3 is 0 Å². The SMILES string of the molecule is Cc1ccc(C(C)Nc2nc3c(cc2C#N)CCC3)o1. The highest BCUT2D eigenvalue weighted by Gasteiger charge is 2.18. The van der Waals surface area contributed by atoms with Gasteiger partial charge in [-0.15, -0.1) is 0 Å². The predicted molar refractivity (Wildman–Crippen MR) is 76.5 cm³/mol. The third kappa shape index (κ3) is 2.27. The molecule has 1 unspecified atom stereocenters. The second kappa shape index (κ2) is 5.01. The van der Waals surface area contributed by atoms with Crippen molar-refractivity contribution >= 4 is 5.82 Å². The maximum Gasteiger partial charge on any atom is 0.144 e. The smallest absolute Gasteiger partial charge is 0.144 e. The van der Waals surface area contributed by atoms with Gasteiger partial charge in [-0.1, -0.05) is 0 Å². The average Bonchev–Trinajstić information content (AvgIpc) is 3.05. The van der Waals surface area contributed by atoms with Gasteiger partial charge in [0, 0.05) is 5.69 Å². The number of aromatic nitrogens is 1. The maximum absolute atomic E-state index is 9.28. The Balaban J connectivity index is 1.89. The number of aryl methyl sites for hydroxylation is 3. The number of nitrogens with zero attached hydrogens (tertiary/aromatic N) is 2. The Hall–Kier alpha value is -2.28. The summed E-state index contributed by atoms with van der Waals surface area (Å²) < 4.78 is 5.61. The summed E-state index contributed by atoms with van der Waals surface area (Å²) in [5.41, 5.74) is 2.95. The van der Waals surface area contributed by atoms with E-state index in [-0.39, 0.29) is 6.04 Å². The quantitative estimate of drug-likeness (QED) is 0.924. The van der Waals surface area contributed by atoms with Crippen LogP contribution in [0.3, 0.4) is 0 Å². The summed E-state index contributed by atoms with van der Waals surface area (Å²) in [5, 5.41) is 12.6. The van der Waals surface area contributed by atoms with Crippen LogP contribution in [0.5, 0.6) is 0 Å². The number of furan rings is 1. The Kier molecular flexibility index (Phi) is 3.19. The highest BCUT2D eigenvalue weighted by Crippen LogP contribution is 2.27. The normalized spacial score (nSPS) is 14.7. The van der Waals surface area contributed by atoms with Gasteiger partial charge in [0.15, 0.2) is 0 Å². The second-order valence-corrected chi connectivity index (χ2v) is 5.27. The van der Waals surface area contributed by atoms with Crippen molar-refractivity contribution in [2.24, 2.45) is 0 Å². The first kappa shape index (κ1) is 12.7. The van der Waals surface area contributed by atoms with E-state index in [1.54, 1.807) is 0 Å². The van der Waals surface area contributed by atoms with Crippen LogP contribution in [-0.2, 0) is 12.8 Å². The highest BCUT2D eigenvalue weighted by atomic mass is 16.3. The number of hydrogen-bond donors (Lipinski definition) is 1. The first-order chi connectivity index (χ1) is 9.67. The predicted octanol–water partition coefficient (Wildman–Crippen LogP) is 3.52. The Labute approximate surface area is 118 Å². The topological polar surface area (TPSA) is 61.9 Å². The van der Waals surface area contributed by atoms with E-state index in [0.29, 0.717) is 11.4 Å². The number of anilines is 1. The first-order valence-corrected chi connectivity index (χ1v) is 6.93. The molecule has 102 valence electrons. The summed E-state index contributed by atoms with van der Waals surface area (Å²) in [5.74, 6) is 2.40. The largest absolute Gasteiger partial charge is 0.464 e. The maximum atomic E-state index is 9.28. The lowest BCUT2D eigenvalue weighted by atomic mass is 10.1. The van der Waals surface area contributed by atoms with Crippen LogP contribution in [0.15, 0.2) is 22.6 Å². The van der Waals surface area contributed by atoms with Gasteiger partial charge in [-0.2, -0.15) is 5.26 Å². The van der Waals surface area contributed by atoms with Gasteiger partial charge in [-0.3, -0.25) is 0 Å². The number of rotatable bonds is 3. The molecule has 0 spiro atoms. The van der Waals surface area contributed by atoms with E-state index in [0.717, 1.165) is 36.5 Å². The fourth-order valence-electron chi connectivity index (χ4n) is 2.63. The summed E-state index contributed by atoms with van der Waals surface area (Å²) >= 11 is 0. The molecular weight excluding hydrogens is 250 g/mol. The molecule has 2 aromatic heterocycles. The number of pyridine rings is 1. The number of fused-ring (bicyclic) bond motifs is 1. The molecule has 1 N–H and O–H groups in total. The van der Waals surface area contributed by atoms with Crippen molar-refractivity contribution < 1.29 is 4.42 Å². The minimum atomic E-state index is -0.0113. The van der Waals surface area contributed by atoms with Crippen LogP contribution >= 0.6 is 0 Å². The standard InChI is InChI=1S/C16H17N3O/c1-10-6-7-15(20-10)11(2)18-16-13(9-17)8-12-4-3-5-14(12)19-16/h6-8,11H,3-5H2,1-2H3,(H,18,19). The average molecular weight is 267 g/mol. The van der Waals surface area contributed by atoms with Gasteiger partial charge in [0.05, 0.1) is 11.6 Å². The van der Waals surface area contributed by atoms with Gasteiger partial charge in [-0.05, 0) is 56.9 Å². The molecule has 20 heavy (non-hydrogen) atoms. The highest BCUT2D eigenvalue weighted by molar-refractivity contribution is 5.55. The number of hydrogen-bond acceptors (Lipinski definition) is 4. The third-order valence-electron chi connectivity index (χ3n) is 3.71. The summed E-state index contributed by atoms with van der Waals surface area (Å²) in [6, 6.07) is 8.08. The summed E-state index contributed by atoms with van der Waals surface area (Å²) in [6.45, 7) is 3.93. The molecule has 2 heterocycles. The summed E-state index contributed by atoms with van der Waals surface area (Å²) in [4.78, 5) is 4.62. The van der Waals surface area contributed by atoms with E-state index in [4.69, 9.17) is 4.42 Å². The molecule has 0 fully saturated rings. The lowest BCUT2D eigenvalue weighted by Crippen LogP contribution is -2.10. The zero-order valence-corrected chi connectivity index (χ0v) is 11.7. The Morgan fingerprint density at radius 2 is 2.25 bits per heavy atom. The fraction of sp³-hybridized carbons (Fsp3) is 0.375. The zero-order chi connectivity index (χ0) is 14.1. The molecule has 0 amide bonds. The number of nitrogens with one attached hydrogen (secondary N) is 1. The van der Waals surface area contributed by atoms with Crippen molar-refractivity contribution in [3.63, 3.8) is 0 Å². The van der Waals surface area contributed by atoms with E-state index in [1.807, 2.05) is 32.0 Å². The summed E-state index contributed by atoms with van der Waals surface area (Å²) in [7, 11) is 0. The number of nitriles is 1. The second-order valence-electron chi connectivity index (χ2n) is 5.27. The third-order valence-corrected chi connectivity index (χ3v) is 3.71.